The van der Waals surface area contributed by atoms with Crippen LogP contribution in [0.1, 0.15) is 20.9 Å². The van der Waals surface area contributed by atoms with Gasteiger partial charge in [-0.3, -0.25) is 0 Å². The first-order chi connectivity index (χ1) is 8.93. The van der Waals surface area contributed by atoms with E-state index in [-0.39, 0.29) is 6.42 Å². The zero-order chi connectivity index (χ0) is 14.0. The van der Waals surface area contributed by atoms with E-state index in [4.69, 9.17) is 0 Å². The number of benzene rings is 1. The van der Waals surface area contributed by atoms with Crippen molar-refractivity contribution in [2.75, 3.05) is 0 Å². The van der Waals surface area contributed by atoms with E-state index in [2.05, 4.69) is 0 Å². The largest absolute Gasteiger partial charge is 0.479 e. The molecular formula is C15H16O3S. The molecule has 1 heterocycles. The van der Waals surface area contributed by atoms with Gasteiger partial charge in [0.1, 0.15) is 0 Å². The number of aryl methyl sites for hydroxylation is 2. The molecule has 1 aromatic heterocycles. The monoisotopic (exact) mass is 276 g/mol. The highest BCUT2D eigenvalue weighted by Crippen LogP contribution is 2.33. The molecule has 0 aliphatic heterocycles. The van der Waals surface area contributed by atoms with Gasteiger partial charge in [-0.2, -0.15) is 0 Å². The van der Waals surface area contributed by atoms with Crippen LogP contribution >= 0.6 is 11.3 Å². The highest BCUT2D eigenvalue weighted by atomic mass is 32.1. The van der Waals surface area contributed by atoms with Gasteiger partial charge in [-0.1, -0.05) is 30.3 Å². The van der Waals surface area contributed by atoms with Gasteiger partial charge in [0.2, 0.25) is 0 Å². The Morgan fingerprint density at radius 1 is 1.26 bits per heavy atom. The van der Waals surface area contributed by atoms with Gasteiger partial charge >= 0.3 is 5.97 Å². The average Bonchev–Trinajstić information content (AvgIpc) is 2.70. The van der Waals surface area contributed by atoms with E-state index in [1.54, 1.807) is 6.07 Å². The number of aliphatic hydroxyl groups is 1. The zero-order valence-corrected chi connectivity index (χ0v) is 11.7. The summed E-state index contributed by atoms with van der Waals surface area (Å²) in [5, 5.41) is 20.1. The minimum absolute atomic E-state index is 0.0696. The quantitative estimate of drug-likeness (QED) is 0.902. The van der Waals surface area contributed by atoms with Crippen LogP contribution in [0.15, 0.2) is 36.4 Å². The first kappa shape index (κ1) is 13.8. The van der Waals surface area contributed by atoms with Gasteiger partial charge in [0.25, 0.3) is 0 Å². The maximum absolute atomic E-state index is 11.5. The molecule has 4 heteroatoms. The number of hydrogen-bond acceptors (Lipinski definition) is 3. The number of hydrogen-bond donors (Lipinski definition) is 2. The van der Waals surface area contributed by atoms with E-state index >= 15 is 0 Å². The van der Waals surface area contributed by atoms with Crippen LogP contribution in [0.3, 0.4) is 0 Å². The standard InChI is InChI=1S/C15H16O3S/c1-10-8-13(11(2)19-10)15(18,14(16)17)9-12-6-4-3-5-7-12/h3-8,18H,9H2,1-2H3,(H,16,17). The predicted molar refractivity (Wildman–Crippen MR) is 75.5 cm³/mol. The maximum atomic E-state index is 11.5. The summed E-state index contributed by atoms with van der Waals surface area (Å²) in [6.45, 7) is 3.75. The van der Waals surface area contributed by atoms with E-state index in [0.29, 0.717) is 5.56 Å². The number of carbonyl (C=O) groups is 1. The fourth-order valence-corrected chi connectivity index (χ4v) is 3.22. The fourth-order valence-electron chi connectivity index (χ4n) is 2.22. The molecule has 0 radical (unpaired) electrons. The molecule has 3 nitrogen and oxygen atoms in total. The predicted octanol–water partition coefficient (Wildman–Crippen LogP) is 2.88. The van der Waals surface area contributed by atoms with Crippen molar-refractivity contribution < 1.29 is 15.0 Å². The molecule has 0 bridgehead atoms. The molecule has 2 rings (SSSR count). The summed E-state index contributed by atoms with van der Waals surface area (Å²) in [7, 11) is 0. The highest BCUT2D eigenvalue weighted by Gasteiger charge is 2.40. The van der Waals surface area contributed by atoms with E-state index in [9.17, 15) is 15.0 Å². The molecule has 2 aromatic rings. The third kappa shape index (κ3) is 2.69. The van der Waals surface area contributed by atoms with Crippen molar-refractivity contribution in [3.05, 3.63) is 57.3 Å². The molecule has 0 aliphatic rings. The lowest BCUT2D eigenvalue weighted by atomic mass is 9.87. The van der Waals surface area contributed by atoms with Crippen molar-refractivity contribution in [1.29, 1.82) is 0 Å². The minimum Gasteiger partial charge on any atom is -0.479 e. The Bertz CT molecular complexity index is 589. The molecule has 1 atom stereocenters. The highest BCUT2D eigenvalue weighted by molar-refractivity contribution is 7.12. The molecule has 0 spiro atoms. The minimum atomic E-state index is -1.86. The number of carboxylic acids is 1. The van der Waals surface area contributed by atoms with Crippen LogP contribution < -0.4 is 0 Å². The normalized spacial score (nSPS) is 14.1. The van der Waals surface area contributed by atoms with Crippen molar-refractivity contribution in [3.63, 3.8) is 0 Å². The summed E-state index contributed by atoms with van der Waals surface area (Å²) in [5.74, 6) is -1.21. The second-order valence-electron chi connectivity index (χ2n) is 4.65. The van der Waals surface area contributed by atoms with Crippen LogP contribution in [-0.4, -0.2) is 16.2 Å². The Morgan fingerprint density at radius 2 is 1.89 bits per heavy atom. The molecule has 0 saturated carbocycles. The number of rotatable bonds is 4. The molecule has 1 aromatic carbocycles. The smallest absolute Gasteiger partial charge is 0.340 e. The third-order valence-corrected chi connectivity index (χ3v) is 4.11. The van der Waals surface area contributed by atoms with Crippen molar-refractivity contribution in [1.82, 2.24) is 0 Å². The van der Waals surface area contributed by atoms with Crippen LogP contribution in [0.5, 0.6) is 0 Å². The molecule has 100 valence electrons. The summed E-state index contributed by atoms with van der Waals surface area (Å²) in [5.41, 5.74) is -0.571. The first-order valence-corrected chi connectivity index (χ1v) is 6.82. The molecule has 0 aliphatic carbocycles. The van der Waals surface area contributed by atoms with Gasteiger partial charge in [0.05, 0.1) is 0 Å². The molecule has 1 unspecified atom stereocenters. The first-order valence-electron chi connectivity index (χ1n) is 6.00. The van der Waals surface area contributed by atoms with Gasteiger partial charge in [-0.15, -0.1) is 11.3 Å². The van der Waals surface area contributed by atoms with E-state index < -0.39 is 11.6 Å². The lowest BCUT2D eigenvalue weighted by Gasteiger charge is -2.23. The van der Waals surface area contributed by atoms with Crippen LogP contribution in [0.25, 0.3) is 0 Å². The summed E-state index contributed by atoms with van der Waals surface area (Å²) in [6, 6.07) is 10.9. The lowest BCUT2D eigenvalue weighted by molar-refractivity contribution is -0.159. The van der Waals surface area contributed by atoms with Crippen LogP contribution in [0.4, 0.5) is 0 Å². The van der Waals surface area contributed by atoms with Crippen molar-refractivity contribution in [2.24, 2.45) is 0 Å². The molecular weight excluding hydrogens is 260 g/mol. The summed E-state index contributed by atoms with van der Waals surface area (Å²) in [4.78, 5) is 13.4. The maximum Gasteiger partial charge on any atom is 0.340 e. The Kier molecular flexibility index (Phi) is 3.73. The topological polar surface area (TPSA) is 57.5 Å². The van der Waals surface area contributed by atoms with Crippen molar-refractivity contribution in [3.8, 4) is 0 Å². The SMILES string of the molecule is Cc1cc(C(O)(Cc2ccccc2)C(=O)O)c(C)s1. The van der Waals surface area contributed by atoms with Crippen molar-refractivity contribution in [2.45, 2.75) is 25.9 Å². The second-order valence-corrected chi connectivity index (χ2v) is 6.12. The van der Waals surface area contributed by atoms with Gasteiger partial charge in [-0.25, -0.2) is 4.79 Å². The van der Waals surface area contributed by atoms with E-state index in [1.165, 1.54) is 11.3 Å². The Hall–Kier alpha value is -1.65. The molecule has 0 amide bonds. The zero-order valence-electron chi connectivity index (χ0n) is 10.9. The Morgan fingerprint density at radius 3 is 2.37 bits per heavy atom. The number of carboxylic acid groups (broad SMARTS) is 1. The molecule has 2 N–H and O–H groups in total. The van der Waals surface area contributed by atoms with Gasteiger partial charge in [0, 0.05) is 21.7 Å². The van der Waals surface area contributed by atoms with E-state index in [0.717, 1.165) is 15.3 Å². The van der Waals surface area contributed by atoms with Crippen LogP contribution in [0, 0.1) is 13.8 Å². The Balaban J connectivity index is 2.44. The lowest BCUT2D eigenvalue weighted by Crippen LogP contribution is -2.38. The molecule has 0 fully saturated rings. The fraction of sp³-hybridized carbons (Fsp3) is 0.267. The van der Waals surface area contributed by atoms with Crippen LogP contribution in [-0.2, 0) is 16.8 Å². The Labute approximate surface area is 116 Å². The van der Waals surface area contributed by atoms with E-state index in [1.807, 2.05) is 44.2 Å². The summed E-state index contributed by atoms with van der Waals surface area (Å²) < 4.78 is 0. The van der Waals surface area contributed by atoms with Gasteiger partial charge in [0.15, 0.2) is 5.60 Å². The second kappa shape index (κ2) is 5.15. The molecule has 19 heavy (non-hydrogen) atoms. The van der Waals surface area contributed by atoms with Gasteiger partial charge in [-0.05, 0) is 25.5 Å². The summed E-state index contributed by atoms with van der Waals surface area (Å²) >= 11 is 1.50. The number of thiophene rings is 1. The molecule has 0 saturated heterocycles. The van der Waals surface area contributed by atoms with Crippen LogP contribution in [0.2, 0.25) is 0 Å². The number of aliphatic carboxylic acids is 1. The summed E-state index contributed by atoms with van der Waals surface area (Å²) in [6.07, 6.45) is 0.0696. The van der Waals surface area contributed by atoms with Crippen molar-refractivity contribution >= 4 is 17.3 Å². The third-order valence-electron chi connectivity index (χ3n) is 3.14. The average molecular weight is 276 g/mol. The van der Waals surface area contributed by atoms with Gasteiger partial charge < -0.3 is 10.2 Å².